The third kappa shape index (κ3) is 4.39. The van der Waals surface area contributed by atoms with Gasteiger partial charge in [-0.25, -0.2) is 4.79 Å². The maximum atomic E-state index is 12.9. The zero-order valence-electron chi connectivity index (χ0n) is 11.2. The fourth-order valence-corrected chi connectivity index (χ4v) is 2.03. The topological polar surface area (TPSA) is 41.1 Å². The molecule has 1 aliphatic rings. The number of hydrogen-bond acceptors (Lipinski definition) is 1. The number of alkyl halides is 3. The highest BCUT2D eigenvalue weighted by atomic mass is 35.5. The summed E-state index contributed by atoms with van der Waals surface area (Å²) >= 11 is 5.57. The molecular weight excluding hydrogens is 305 g/mol. The van der Waals surface area contributed by atoms with E-state index in [2.05, 4.69) is 10.6 Å². The normalized spacial score (nSPS) is 15.8. The number of carbonyl (C=O) groups excluding carboxylic acids is 1. The van der Waals surface area contributed by atoms with Crippen LogP contribution in [0.2, 0.25) is 5.02 Å². The van der Waals surface area contributed by atoms with Gasteiger partial charge in [0.05, 0.1) is 11.3 Å². The summed E-state index contributed by atoms with van der Waals surface area (Å²) in [6, 6.07) is 2.48. The quantitative estimate of drug-likeness (QED) is 0.826. The summed E-state index contributed by atoms with van der Waals surface area (Å²) < 4.78 is 38.6. The second-order valence-electron chi connectivity index (χ2n) is 4.95. The number of allylic oxidation sites excluding steroid dienone is 1. The Morgan fingerprint density at radius 3 is 2.62 bits per heavy atom. The Bertz CT molecular complexity index is 580. The fraction of sp³-hybridized carbons (Fsp3) is 0.357. The van der Waals surface area contributed by atoms with Crippen LogP contribution in [-0.4, -0.2) is 6.03 Å². The van der Waals surface area contributed by atoms with Crippen LogP contribution in [0, 0.1) is 5.92 Å². The number of urea groups is 1. The third-order valence-electron chi connectivity index (χ3n) is 3.19. The van der Waals surface area contributed by atoms with Crippen LogP contribution in [0.3, 0.4) is 0 Å². The number of nitrogens with one attached hydrogen (secondary N) is 2. The van der Waals surface area contributed by atoms with Crippen molar-refractivity contribution in [3.05, 3.63) is 40.6 Å². The molecule has 7 heteroatoms. The average molecular weight is 319 g/mol. The van der Waals surface area contributed by atoms with Gasteiger partial charge in [0.15, 0.2) is 0 Å². The molecule has 1 saturated carbocycles. The molecule has 1 aromatic rings. The highest BCUT2D eigenvalue weighted by Gasteiger charge is 2.34. The smallest absolute Gasteiger partial charge is 0.314 e. The Morgan fingerprint density at radius 2 is 2.05 bits per heavy atom. The number of hydrogen-bond donors (Lipinski definition) is 2. The monoisotopic (exact) mass is 318 g/mol. The molecule has 1 aromatic carbocycles. The van der Waals surface area contributed by atoms with Crippen LogP contribution in [0.15, 0.2) is 30.0 Å². The molecule has 0 aliphatic heterocycles. The van der Waals surface area contributed by atoms with Crippen LogP contribution in [0.4, 0.5) is 23.7 Å². The molecule has 0 bridgehead atoms. The number of carbonyl (C=O) groups is 1. The van der Waals surface area contributed by atoms with Crippen molar-refractivity contribution in [3.63, 3.8) is 0 Å². The second-order valence-corrected chi connectivity index (χ2v) is 5.39. The molecule has 0 atom stereocenters. The fourth-order valence-electron chi connectivity index (χ4n) is 1.85. The van der Waals surface area contributed by atoms with Crippen LogP contribution < -0.4 is 10.6 Å². The number of amides is 2. The van der Waals surface area contributed by atoms with Gasteiger partial charge in [-0.3, -0.25) is 0 Å². The van der Waals surface area contributed by atoms with E-state index < -0.39 is 17.8 Å². The van der Waals surface area contributed by atoms with Crippen LogP contribution in [0.25, 0.3) is 0 Å². The van der Waals surface area contributed by atoms with Gasteiger partial charge in [0.1, 0.15) is 0 Å². The Labute approximate surface area is 125 Å². The van der Waals surface area contributed by atoms with Gasteiger partial charge in [0.2, 0.25) is 0 Å². The van der Waals surface area contributed by atoms with Crippen molar-refractivity contribution in [3.8, 4) is 0 Å². The minimum atomic E-state index is -4.59. The van der Waals surface area contributed by atoms with Crippen molar-refractivity contribution < 1.29 is 18.0 Å². The molecule has 21 heavy (non-hydrogen) atoms. The first kappa shape index (κ1) is 15.7. The first-order chi connectivity index (χ1) is 9.77. The molecule has 3 nitrogen and oxygen atoms in total. The number of anilines is 1. The van der Waals surface area contributed by atoms with Crippen molar-refractivity contribution in [2.24, 2.45) is 5.92 Å². The molecule has 2 amide bonds. The van der Waals surface area contributed by atoms with Gasteiger partial charge in [0, 0.05) is 11.2 Å². The lowest BCUT2D eigenvalue weighted by molar-refractivity contribution is -0.136. The highest BCUT2D eigenvalue weighted by molar-refractivity contribution is 6.30. The lowest BCUT2D eigenvalue weighted by Crippen LogP contribution is -2.26. The van der Waals surface area contributed by atoms with Gasteiger partial charge < -0.3 is 10.6 Å². The Morgan fingerprint density at radius 1 is 1.38 bits per heavy atom. The van der Waals surface area contributed by atoms with E-state index >= 15 is 0 Å². The van der Waals surface area contributed by atoms with Crippen LogP contribution in [-0.2, 0) is 6.18 Å². The van der Waals surface area contributed by atoms with Gasteiger partial charge in [-0.1, -0.05) is 17.2 Å². The largest absolute Gasteiger partial charge is 0.418 e. The Balaban J connectivity index is 2.08. The summed E-state index contributed by atoms with van der Waals surface area (Å²) in [4.78, 5) is 11.7. The summed E-state index contributed by atoms with van der Waals surface area (Å²) in [5, 5.41) is 4.58. The van der Waals surface area contributed by atoms with Crippen LogP contribution in [0.5, 0.6) is 0 Å². The van der Waals surface area contributed by atoms with Crippen LogP contribution in [0.1, 0.15) is 25.3 Å². The second kappa shape index (κ2) is 5.97. The molecule has 2 N–H and O–H groups in total. The van der Waals surface area contributed by atoms with Gasteiger partial charge >= 0.3 is 12.2 Å². The SMILES string of the molecule is C/C(=C\NC(=O)Nc1ccc(Cl)cc1C(F)(F)F)C1CC1. The molecule has 0 saturated heterocycles. The van der Waals surface area contributed by atoms with Gasteiger partial charge in [-0.2, -0.15) is 13.2 Å². The van der Waals surface area contributed by atoms with E-state index in [1.54, 1.807) is 0 Å². The van der Waals surface area contributed by atoms with E-state index in [9.17, 15) is 18.0 Å². The predicted molar refractivity (Wildman–Crippen MR) is 75.1 cm³/mol. The lowest BCUT2D eigenvalue weighted by atomic mass is 10.1. The van der Waals surface area contributed by atoms with Crippen molar-refractivity contribution in [2.45, 2.75) is 25.9 Å². The van der Waals surface area contributed by atoms with Gasteiger partial charge in [-0.05, 0) is 43.9 Å². The molecule has 0 aromatic heterocycles. The van der Waals surface area contributed by atoms with E-state index in [4.69, 9.17) is 11.6 Å². The maximum Gasteiger partial charge on any atom is 0.418 e. The van der Waals surface area contributed by atoms with E-state index in [1.807, 2.05) is 6.92 Å². The van der Waals surface area contributed by atoms with E-state index in [1.165, 1.54) is 12.3 Å². The number of halogens is 4. The van der Waals surface area contributed by atoms with Crippen molar-refractivity contribution in [1.29, 1.82) is 0 Å². The average Bonchev–Trinajstić information content (AvgIpc) is 3.21. The lowest BCUT2D eigenvalue weighted by Gasteiger charge is -2.14. The molecule has 2 rings (SSSR count). The zero-order chi connectivity index (χ0) is 15.6. The van der Waals surface area contributed by atoms with E-state index in [-0.39, 0.29) is 10.7 Å². The standard InChI is InChI=1S/C14H14ClF3N2O/c1-8(9-2-3-9)7-19-13(21)20-12-5-4-10(15)6-11(12)14(16,17)18/h4-7,9H,2-3H2,1H3,(H2,19,20,21)/b8-7+. The summed E-state index contributed by atoms with van der Waals surface area (Å²) in [6.45, 7) is 1.88. The molecule has 114 valence electrons. The Kier molecular flexibility index (Phi) is 4.46. The molecular formula is C14H14ClF3N2O. The molecule has 1 fully saturated rings. The number of rotatable bonds is 3. The highest BCUT2D eigenvalue weighted by Crippen LogP contribution is 2.37. The van der Waals surface area contributed by atoms with Crippen molar-refractivity contribution in [1.82, 2.24) is 5.32 Å². The maximum absolute atomic E-state index is 12.9. The minimum Gasteiger partial charge on any atom is -0.314 e. The molecule has 0 heterocycles. The predicted octanol–water partition coefficient (Wildman–Crippen LogP) is 4.79. The third-order valence-corrected chi connectivity index (χ3v) is 3.42. The first-order valence-corrected chi connectivity index (χ1v) is 6.76. The van der Waals surface area contributed by atoms with Crippen molar-refractivity contribution in [2.75, 3.05) is 5.32 Å². The zero-order valence-corrected chi connectivity index (χ0v) is 12.0. The van der Waals surface area contributed by atoms with Crippen LogP contribution >= 0.6 is 11.6 Å². The summed E-state index contributed by atoms with van der Waals surface area (Å²) in [6.07, 6.45) is -0.897. The first-order valence-electron chi connectivity index (χ1n) is 6.38. The van der Waals surface area contributed by atoms with Crippen molar-refractivity contribution >= 4 is 23.3 Å². The molecule has 0 radical (unpaired) electrons. The summed E-state index contributed by atoms with van der Waals surface area (Å²) in [5.41, 5.74) is -0.299. The van der Waals surface area contributed by atoms with E-state index in [0.29, 0.717) is 5.92 Å². The molecule has 0 unspecified atom stereocenters. The van der Waals surface area contributed by atoms with Gasteiger partial charge in [-0.15, -0.1) is 0 Å². The summed E-state index contributed by atoms with van der Waals surface area (Å²) in [5.74, 6) is 0.478. The molecule has 1 aliphatic carbocycles. The summed E-state index contributed by atoms with van der Waals surface area (Å²) in [7, 11) is 0. The minimum absolute atomic E-state index is 0.0437. The Hall–Kier alpha value is -1.69. The van der Waals surface area contributed by atoms with E-state index in [0.717, 1.165) is 30.5 Å². The molecule has 0 spiro atoms. The van der Waals surface area contributed by atoms with Gasteiger partial charge in [0.25, 0.3) is 0 Å². The number of benzene rings is 1.